The van der Waals surface area contributed by atoms with Crippen LogP contribution in [0.25, 0.3) is 0 Å². The summed E-state index contributed by atoms with van der Waals surface area (Å²) in [5, 5.41) is 0. The van der Waals surface area contributed by atoms with Gasteiger partial charge in [-0.3, -0.25) is 14.4 Å². The van der Waals surface area contributed by atoms with E-state index in [1.54, 1.807) is 0 Å². The summed E-state index contributed by atoms with van der Waals surface area (Å²) in [5.41, 5.74) is 0. The molecule has 0 aromatic carbocycles. The number of carbonyl (C=O) groups is 3. The Labute approximate surface area is 479 Å². The maximum atomic E-state index is 12.9. The van der Waals surface area contributed by atoms with Crippen molar-refractivity contribution in [3.8, 4) is 0 Å². The molecular weight excluding hydrogens is 949 g/mol. The summed E-state index contributed by atoms with van der Waals surface area (Å²) < 4.78 is 16.9. The van der Waals surface area contributed by atoms with Crippen LogP contribution in [0.4, 0.5) is 0 Å². The van der Waals surface area contributed by atoms with Gasteiger partial charge >= 0.3 is 17.9 Å². The van der Waals surface area contributed by atoms with Gasteiger partial charge in [0.1, 0.15) is 13.2 Å². The fourth-order valence-corrected chi connectivity index (χ4v) is 10.0. The Morgan fingerprint density at radius 3 is 0.779 bits per heavy atom. The molecule has 0 N–H and O–H groups in total. The molecule has 0 aliphatic carbocycles. The van der Waals surface area contributed by atoms with Crippen molar-refractivity contribution >= 4 is 17.9 Å². The number of ether oxygens (including phenoxy) is 3. The van der Waals surface area contributed by atoms with Gasteiger partial charge in [-0.1, -0.05) is 338 Å². The van der Waals surface area contributed by atoms with Crippen LogP contribution in [-0.2, 0) is 28.6 Å². The van der Waals surface area contributed by atoms with Gasteiger partial charge in [-0.05, 0) is 57.8 Å². The van der Waals surface area contributed by atoms with E-state index >= 15 is 0 Å². The molecule has 77 heavy (non-hydrogen) atoms. The minimum Gasteiger partial charge on any atom is -0.462 e. The molecule has 0 saturated carbocycles. The van der Waals surface area contributed by atoms with E-state index in [-0.39, 0.29) is 37.5 Å². The second-order valence-electron chi connectivity index (χ2n) is 22.7. The van der Waals surface area contributed by atoms with Crippen molar-refractivity contribution in [2.24, 2.45) is 0 Å². The average Bonchev–Trinajstić information content (AvgIpc) is 3.43. The molecule has 0 saturated heterocycles. The Bertz CT molecular complexity index is 1380. The summed E-state index contributed by atoms with van der Waals surface area (Å²) >= 11 is 0. The molecule has 0 heterocycles. The van der Waals surface area contributed by atoms with Crippen molar-refractivity contribution in [1.82, 2.24) is 0 Å². The van der Waals surface area contributed by atoms with Gasteiger partial charge in [0, 0.05) is 19.3 Å². The van der Waals surface area contributed by atoms with Crippen LogP contribution < -0.4 is 0 Å². The molecular formula is C71H128O6. The number of unbranched alkanes of at least 4 members (excludes halogenated alkanes) is 41. The summed E-state index contributed by atoms with van der Waals surface area (Å²) in [6, 6.07) is 0. The third-order valence-corrected chi connectivity index (χ3v) is 15.0. The van der Waals surface area contributed by atoms with Gasteiger partial charge in [-0.25, -0.2) is 0 Å². The highest BCUT2D eigenvalue weighted by Crippen LogP contribution is 2.18. The van der Waals surface area contributed by atoms with Crippen molar-refractivity contribution in [3.05, 3.63) is 60.8 Å². The number of esters is 3. The highest BCUT2D eigenvalue weighted by atomic mass is 16.6. The highest BCUT2D eigenvalue weighted by molar-refractivity contribution is 5.71. The number of hydrogen-bond donors (Lipinski definition) is 0. The summed E-state index contributed by atoms with van der Waals surface area (Å²) in [4.78, 5) is 38.2. The van der Waals surface area contributed by atoms with E-state index < -0.39 is 6.10 Å². The fourth-order valence-electron chi connectivity index (χ4n) is 10.0. The molecule has 0 bridgehead atoms. The third-order valence-electron chi connectivity index (χ3n) is 15.0. The van der Waals surface area contributed by atoms with Gasteiger partial charge in [0.15, 0.2) is 6.10 Å². The lowest BCUT2D eigenvalue weighted by Crippen LogP contribution is -2.30. The molecule has 0 rings (SSSR count). The Morgan fingerprint density at radius 2 is 0.506 bits per heavy atom. The molecule has 0 spiro atoms. The molecule has 448 valence electrons. The van der Waals surface area contributed by atoms with Crippen LogP contribution >= 0.6 is 0 Å². The number of hydrogen-bond acceptors (Lipinski definition) is 6. The van der Waals surface area contributed by atoms with Crippen LogP contribution in [0.1, 0.15) is 355 Å². The summed E-state index contributed by atoms with van der Waals surface area (Å²) in [5.74, 6) is -0.932. The smallest absolute Gasteiger partial charge is 0.306 e. The van der Waals surface area contributed by atoms with Gasteiger partial charge in [0.2, 0.25) is 0 Å². The van der Waals surface area contributed by atoms with Crippen molar-refractivity contribution in [1.29, 1.82) is 0 Å². The van der Waals surface area contributed by atoms with Gasteiger partial charge in [-0.2, -0.15) is 0 Å². The fraction of sp³-hybridized carbons (Fsp3) is 0.817. The first-order valence-electron chi connectivity index (χ1n) is 33.8. The molecule has 6 nitrogen and oxygen atoms in total. The Hall–Kier alpha value is -2.89. The largest absolute Gasteiger partial charge is 0.462 e. The van der Waals surface area contributed by atoms with Crippen LogP contribution in [0.15, 0.2) is 60.8 Å². The molecule has 0 aromatic heterocycles. The number of rotatable bonds is 62. The van der Waals surface area contributed by atoms with Gasteiger partial charge in [0.05, 0.1) is 0 Å². The van der Waals surface area contributed by atoms with Crippen molar-refractivity contribution in [3.63, 3.8) is 0 Å². The minimum atomic E-state index is -0.801. The van der Waals surface area contributed by atoms with Gasteiger partial charge in [-0.15, -0.1) is 0 Å². The maximum absolute atomic E-state index is 12.9. The Morgan fingerprint density at radius 1 is 0.273 bits per heavy atom. The van der Waals surface area contributed by atoms with E-state index in [1.165, 1.54) is 231 Å². The lowest BCUT2D eigenvalue weighted by molar-refractivity contribution is -0.167. The van der Waals surface area contributed by atoms with E-state index in [0.29, 0.717) is 19.3 Å². The van der Waals surface area contributed by atoms with Crippen LogP contribution in [0, 0.1) is 0 Å². The lowest BCUT2D eigenvalue weighted by atomic mass is 10.0. The van der Waals surface area contributed by atoms with Gasteiger partial charge in [0.25, 0.3) is 0 Å². The molecule has 0 fully saturated rings. The van der Waals surface area contributed by atoms with Crippen LogP contribution in [0.3, 0.4) is 0 Å². The zero-order valence-corrected chi connectivity index (χ0v) is 51.5. The topological polar surface area (TPSA) is 78.9 Å². The van der Waals surface area contributed by atoms with Crippen molar-refractivity contribution < 1.29 is 28.6 Å². The average molecular weight is 1080 g/mol. The van der Waals surface area contributed by atoms with E-state index in [4.69, 9.17) is 14.2 Å². The summed E-state index contributed by atoms with van der Waals surface area (Å²) in [6.07, 6.45) is 84.1. The minimum absolute atomic E-state index is 0.0924. The molecule has 1 unspecified atom stereocenters. The first-order valence-corrected chi connectivity index (χ1v) is 33.8. The van der Waals surface area contributed by atoms with E-state index in [2.05, 4.69) is 81.5 Å². The normalized spacial score (nSPS) is 12.4. The quantitative estimate of drug-likeness (QED) is 0.0261. The second-order valence-corrected chi connectivity index (χ2v) is 22.7. The predicted octanol–water partition coefficient (Wildman–Crippen LogP) is 23.1. The molecule has 0 radical (unpaired) electrons. The third kappa shape index (κ3) is 63.8. The van der Waals surface area contributed by atoms with Crippen molar-refractivity contribution in [2.45, 2.75) is 361 Å². The maximum Gasteiger partial charge on any atom is 0.306 e. The van der Waals surface area contributed by atoms with Crippen LogP contribution in [0.2, 0.25) is 0 Å². The van der Waals surface area contributed by atoms with Gasteiger partial charge < -0.3 is 14.2 Å². The Balaban J connectivity index is 4.18. The number of allylic oxidation sites excluding steroid dienone is 10. The molecule has 0 aliphatic heterocycles. The first-order chi connectivity index (χ1) is 38.0. The zero-order chi connectivity index (χ0) is 55.7. The molecule has 0 aromatic rings. The molecule has 0 aliphatic rings. The molecule has 0 amide bonds. The van der Waals surface area contributed by atoms with E-state index in [1.807, 2.05) is 0 Å². The molecule has 1 atom stereocenters. The predicted molar refractivity (Wildman–Crippen MR) is 335 cm³/mol. The van der Waals surface area contributed by atoms with E-state index in [9.17, 15) is 14.4 Å². The summed E-state index contributed by atoms with van der Waals surface area (Å²) in [7, 11) is 0. The highest BCUT2D eigenvalue weighted by Gasteiger charge is 2.19. The Kier molecular flexibility index (Phi) is 63.2. The first kappa shape index (κ1) is 74.1. The van der Waals surface area contributed by atoms with Crippen LogP contribution in [-0.4, -0.2) is 37.2 Å². The molecule has 6 heteroatoms. The summed E-state index contributed by atoms with van der Waals surface area (Å²) in [6.45, 7) is 6.53. The standard InChI is InChI=1S/C71H128O6/c1-4-7-10-13-16-19-22-25-27-29-30-31-32-33-34-35-36-37-38-39-40-41-43-44-46-49-52-55-58-61-64-70(73)76-67-68(66-75-69(72)63-60-57-54-51-48-24-21-18-15-12-9-6-3)77-71(74)65-62-59-56-53-50-47-45-42-28-26-23-20-17-14-11-8-5-2/h8,11,17,20,26,28,45,47,53,56,68H,4-7,9-10,12-16,18-19,21-25,27,29-44,46,48-52,54-55,57-67H2,1-3H3/b11-8-,20-17-,28-26-,47-45-,56-53-. The zero-order valence-electron chi connectivity index (χ0n) is 51.5. The SMILES string of the molecule is CC/C=C\C/C=C\C/C=C\C/C=C\C/C=C\CCCC(=O)OC(COC(=O)CCCCCCCCCCCCCC)COC(=O)CCCCCCCCCCCCCCCCCCCCCCCCCCCCCCCC. The van der Waals surface area contributed by atoms with Crippen LogP contribution in [0.5, 0.6) is 0 Å². The number of carbonyl (C=O) groups excluding carboxylic acids is 3. The lowest BCUT2D eigenvalue weighted by Gasteiger charge is -2.18. The van der Waals surface area contributed by atoms with E-state index in [0.717, 1.165) is 77.0 Å². The monoisotopic (exact) mass is 1080 g/mol. The van der Waals surface area contributed by atoms with Crippen molar-refractivity contribution in [2.75, 3.05) is 13.2 Å². The second kappa shape index (κ2) is 65.6.